The van der Waals surface area contributed by atoms with Crippen LogP contribution in [0.2, 0.25) is 0 Å². The van der Waals surface area contributed by atoms with Gasteiger partial charge in [0.2, 0.25) is 0 Å². The van der Waals surface area contributed by atoms with Gasteiger partial charge in [-0.3, -0.25) is 9.59 Å². The number of hydrogen-bond donors (Lipinski definition) is 0. The van der Waals surface area contributed by atoms with Gasteiger partial charge in [0.1, 0.15) is 13.2 Å². The Balaban J connectivity index is 4.34. The quantitative estimate of drug-likeness (QED) is 0.0195. The Morgan fingerprint density at radius 2 is 0.720 bits per heavy atom. The smallest absolute Gasteiger partial charge is 0.306 e. The standard InChI is InChI=1S/C66H103NO8/c1-6-8-10-12-14-16-18-20-22-23-24-25-26-27-28-29-30-31-32-33-34-35-36-37-38-39-40-41-43-45-47-49-51-53-55-57-64(69)75-62(61-74-66(65(70)71)72-59-58-67(3,4)5)60-73-63(68)56-54-52-50-48-46-44-42-21-19-17-15-13-11-9-7-2/h8-11,14-17,20-22,24-25,27-28,30-31,33-34,36-37,39-40,42-43,45,62,66H,6-7,12-13,18-19,23,26,29,32,35,38,41,44,46-61H2,1-5H3/b10-8-,11-9-,16-14-,17-15-,22-20-,25-24-,28-27-,31-30-,34-33-,37-36-,40-39-,42-21-,45-43-. The van der Waals surface area contributed by atoms with Gasteiger partial charge in [-0.05, 0) is 122 Å². The lowest BCUT2D eigenvalue weighted by Crippen LogP contribution is -2.44. The number of nitrogens with zero attached hydrogens (tertiary/aromatic N) is 1. The van der Waals surface area contributed by atoms with E-state index in [-0.39, 0.29) is 32.7 Å². The first-order valence-corrected chi connectivity index (χ1v) is 28.6. The molecule has 0 aliphatic rings. The highest BCUT2D eigenvalue weighted by Crippen LogP contribution is 2.12. The van der Waals surface area contributed by atoms with Gasteiger partial charge in [0.25, 0.3) is 0 Å². The summed E-state index contributed by atoms with van der Waals surface area (Å²) in [4.78, 5) is 37.2. The summed E-state index contributed by atoms with van der Waals surface area (Å²) in [7, 11) is 5.89. The summed E-state index contributed by atoms with van der Waals surface area (Å²) in [6.07, 6.45) is 78.7. The largest absolute Gasteiger partial charge is 0.545 e. The van der Waals surface area contributed by atoms with Crippen LogP contribution >= 0.6 is 0 Å². The number of aliphatic carboxylic acids is 1. The molecule has 0 heterocycles. The predicted molar refractivity (Wildman–Crippen MR) is 315 cm³/mol. The second-order valence-electron chi connectivity index (χ2n) is 19.5. The third-order valence-corrected chi connectivity index (χ3v) is 11.3. The Morgan fingerprint density at radius 3 is 1.07 bits per heavy atom. The number of unbranched alkanes of at least 4 members (excludes halogenated alkanes) is 9. The van der Waals surface area contributed by atoms with Crippen LogP contribution in [0.4, 0.5) is 0 Å². The van der Waals surface area contributed by atoms with Crippen molar-refractivity contribution in [3.63, 3.8) is 0 Å². The molecule has 75 heavy (non-hydrogen) atoms. The number of esters is 2. The molecule has 0 radical (unpaired) electrons. The van der Waals surface area contributed by atoms with E-state index < -0.39 is 30.3 Å². The van der Waals surface area contributed by atoms with E-state index in [0.717, 1.165) is 141 Å². The minimum absolute atomic E-state index is 0.130. The van der Waals surface area contributed by atoms with Crippen LogP contribution in [0.3, 0.4) is 0 Å². The van der Waals surface area contributed by atoms with Gasteiger partial charge in [-0.1, -0.05) is 204 Å². The number of rotatable bonds is 50. The molecule has 0 N–H and O–H groups in total. The van der Waals surface area contributed by atoms with E-state index in [0.29, 0.717) is 23.9 Å². The van der Waals surface area contributed by atoms with Crippen LogP contribution in [0.15, 0.2) is 158 Å². The minimum Gasteiger partial charge on any atom is -0.545 e. The second-order valence-corrected chi connectivity index (χ2v) is 19.5. The number of quaternary nitrogens is 1. The van der Waals surface area contributed by atoms with Gasteiger partial charge in [-0.2, -0.15) is 0 Å². The lowest BCUT2D eigenvalue weighted by molar-refractivity contribution is -0.870. The number of carboxylic acid groups (broad SMARTS) is 1. The van der Waals surface area contributed by atoms with Crippen molar-refractivity contribution >= 4 is 17.9 Å². The van der Waals surface area contributed by atoms with E-state index in [1.165, 1.54) is 0 Å². The molecule has 0 saturated carbocycles. The van der Waals surface area contributed by atoms with Crippen molar-refractivity contribution in [2.24, 2.45) is 0 Å². The summed E-state index contributed by atoms with van der Waals surface area (Å²) in [6, 6.07) is 0. The molecule has 420 valence electrons. The van der Waals surface area contributed by atoms with Crippen molar-refractivity contribution in [2.75, 3.05) is 47.5 Å². The van der Waals surface area contributed by atoms with Crippen LogP contribution in [0.25, 0.3) is 0 Å². The van der Waals surface area contributed by atoms with Gasteiger partial charge >= 0.3 is 11.9 Å². The fraction of sp³-hybridized carbons (Fsp3) is 0.561. The van der Waals surface area contributed by atoms with Crippen LogP contribution in [-0.2, 0) is 33.3 Å². The molecule has 0 aliphatic heterocycles. The monoisotopic (exact) mass is 1040 g/mol. The normalized spacial score (nSPS) is 14.0. The van der Waals surface area contributed by atoms with Gasteiger partial charge in [0.15, 0.2) is 12.4 Å². The molecule has 0 spiro atoms. The number of carbonyl (C=O) groups excluding carboxylic acids is 3. The first-order chi connectivity index (χ1) is 36.6. The first-order valence-electron chi connectivity index (χ1n) is 28.6. The van der Waals surface area contributed by atoms with Crippen LogP contribution in [0.5, 0.6) is 0 Å². The number of ether oxygens (including phenoxy) is 4. The van der Waals surface area contributed by atoms with Gasteiger partial charge in [0.05, 0.1) is 40.3 Å². The van der Waals surface area contributed by atoms with Gasteiger partial charge in [-0.25, -0.2) is 0 Å². The topological polar surface area (TPSA) is 111 Å². The number of carboxylic acids is 1. The highest BCUT2D eigenvalue weighted by atomic mass is 16.7. The lowest BCUT2D eigenvalue weighted by Gasteiger charge is -2.26. The summed E-state index contributed by atoms with van der Waals surface area (Å²) in [5.74, 6) is -2.37. The highest BCUT2D eigenvalue weighted by molar-refractivity contribution is 5.70. The number of allylic oxidation sites excluding steroid dienone is 26. The molecule has 0 saturated heterocycles. The molecule has 2 atom stereocenters. The van der Waals surface area contributed by atoms with Crippen molar-refractivity contribution in [1.29, 1.82) is 0 Å². The number of carbonyl (C=O) groups is 3. The number of hydrogen-bond acceptors (Lipinski definition) is 8. The zero-order chi connectivity index (χ0) is 54.8. The average molecular weight is 1040 g/mol. The predicted octanol–water partition coefficient (Wildman–Crippen LogP) is 15.7. The average Bonchev–Trinajstić information content (AvgIpc) is 3.38. The molecular weight excluding hydrogens is 935 g/mol. The summed E-state index contributed by atoms with van der Waals surface area (Å²) in [5.41, 5.74) is 0. The summed E-state index contributed by atoms with van der Waals surface area (Å²) in [5, 5.41) is 11.8. The summed E-state index contributed by atoms with van der Waals surface area (Å²) >= 11 is 0. The molecule has 0 rings (SSSR count). The minimum atomic E-state index is -1.64. The highest BCUT2D eigenvalue weighted by Gasteiger charge is 2.22. The first kappa shape index (κ1) is 69.9. The Labute approximate surface area is 457 Å². The van der Waals surface area contributed by atoms with E-state index in [9.17, 15) is 19.5 Å². The second kappa shape index (κ2) is 55.2. The summed E-state index contributed by atoms with van der Waals surface area (Å²) < 4.78 is 22.6. The van der Waals surface area contributed by atoms with Crippen LogP contribution < -0.4 is 5.11 Å². The molecule has 0 fully saturated rings. The summed E-state index contributed by atoms with van der Waals surface area (Å²) in [6.45, 7) is 4.43. The molecule has 2 unspecified atom stereocenters. The number of likely N-dealkylation sites (N-methyl/N-ethyl adjacent to an activating group) is 1. The molecule has 0 aliphatic carbocycles. The Bertz CT molecular complexity index is 1780. The molecule has 0 amide bonds. The Hall–Kier alpha value is -5.09. The molecule has 0 bridgehead atoms. The zero-order valence-corrected chi connectivity index (χ0v) is 47.6. The zero-order valence-electron chi connectivity index (χ0n) is 47.6. The van der Waals surface area contributed by atoms with Crippen molar-refractivity contribution in [3.05, 3.63) is 158 Å². The maximum atomic E-state index is 12.8. The van der Waals surface area contributed by atoms with Gasteiger partial charge in [0, 0.05) is 12.8 Å². The van der Waals surface area contributed by atoms with Crippen molar-refractivity contribution < 1.29 is 42.9 Å². The van der Waals surface area contributed by atoms with Crippen molar-refractivity contribution in [1.82, 2.24) is 0 Å². The van der Waals surface area contributed by atoms with Crippen LogP contribution in [0.1, 0.15) is 181 Å². The van der Waals surface area contributed by atoms with E-state index in [1.54, 1.807) is 0 Å². The molecule has 0 aromatic carbocycles. The van der Waals surface area contributed by atoms with Crippen molar-refractivity contribution in [3.8, 4) is 0 Å². The van der Waals surface area contributed by atoms with E-state index >= 15 is 0 Å². The van der Waals surface area contributed by atoms with E-state index in [2.05, 4.69) is 172 Å². The maximum absolute atomic E-state index is 12.8. The molecule has 9 heteroatoms. The van der Waals surface area contributed by atoms with E-state index in [1.807, 2.05) is 21.1 Å². The Kier molecular flexibility index (Phi) is 51.4. The molecular formula is C66H103NO8. The van der Waals surface area contributed by atoms with Crippen LogP contribution in [-0.4, -0.2) is 82.3 Å². The van der Waals surface area contributed by atoms with Gasteiger partial charge in [-0.15, -0.1) is 0 Å². The van der Waals surface area contributed by atoms with Crippen LogP contribution in [0, 0.1) is 0 Å². The van der Waals surface area contributed by atoms with Gasteiger partial charge < -0.3 is 33.3 Å². The maximum Gasteiger partial charge on any atom is 0.306 e. The Morgan fingerprint density at radius 1 is 0.400 bits per heavy atom. The molecule has 0 aromatic rings. The van der Waals surface area contributed by atoms with Crippen molar-refractivity contribution in [2.45, 2.75) is 193 Å². The third kappa shape index (κ3) is 56.5. The lowest BCUT2D eigenvalue weighted by atomic mass is 10.1. The fourth-order valence-corrected chi connectivity index (χ4v) is 6.93. The fourth-order valence-electron chi connectivity index (χ4n) is 6.93. The van der Waals surface area contributed by atoms with E-state index in [4.69, 9.17) is 18.9 Å². The third-order valence-electron chi connectivity index (χ3n) is 11.3. The molecule has 0 aromatic heterocycles. The SMILES string of the molecule is CC/C=C\C/C=C\C/C=C\C/C=C\C/C=C\C/C=C\C/C=C\C/C=C\C/C=C\C/C=C\CCCCCCC(=O)OC(COC(=O)CCCCCCC/C=C\C/C=C\C/C=C\CC)COC(OCC[N+](C)(C)C)C(=O)[O-]. The molecule has 9 nitrogen and oxygen atoms in total.